The minimum Gasteiger partial charge on any atom is -0.352 e. The second-order valence-corrected chi connectivity index (χ2v) is 4.77. The Balaban J connectivity index is 2.83. The van der Waals surface area contributed by atoms with Crippen molar-refractivity contribution in [3.05, 3.63) is 29.8 Å². The molecule has 1 aromatic rings. The van der Waals surface area contributed by atoms with Crippen LogP contribution in [0, 0.1) is 6.92 Å². The van der Waals surface area contributed by atoms with Gasteiger partial charge < -0.3 is 10.2 Å². The van der Waals surface area contributed by atoms with Gasteiger partial charge in [0.15, 0.2) is 0 Å². The molecule has 0 aliphatic heterocycles. The summed E-state index contributed by atoms with van der Waals surface area (Å²) in [5.74, 6) is -0.263. The first kappa shape index (κ1) is 15.2. The molecule has 1 unspecified atom stereocenters. The molecule has 0 aliphatic carbocycles. The molecule has 4 nitrogen and oxygen atoms in total. The van der Waals surface area contributed by atoms with Crippen molar-refractivity contribution in [3.63, 3.8) is 0 Å². The monoisotopic (exact) mass is 262 g/mol. The fourth-order valence-corrected chi connectivity index (χ4v) is 1.80. The SMILES string of the molecule is CCC(C)NC(=O)CN(C(C)=O)c1ccccc1C. The number of anilines is 1. The lowest BCUT2D eigenvalue weighted by Crippen LogP contribution is -2.43. The van der Waals surface area contributed by atoms with Gasteiger partial charge in [0.25, 0.3) is 0 Å². The summed E-state index contributed by atoms with van der Waals surface area (Å²) in [5, 5.41) is 2.87. The molecular formula is C15H22N2O2. The second kappa shape index (κ2) is 6.92. The molecular weight excluding hydrogens is 240 g/mol. The van der Waals surface area contributed by atoms with Gasteiger partial charge >= 0.3 is 0 Å². The molecule has 1 aromatic carbocycles. The molecule has 0 saturated heterocycles. The Morgan fingerprint density at radius 2 is 1.95 bits per heavy atom. The molecule has 0 spiro atoms. The number of nitrogens with zero attached hydrogens (tertiary/aromatic N) is 1. The molecule has 0 aliphatic rings. The van der Waals surface area contributed by atoms with Crippen LogP contribution < -0.4 is 10.2 Å². The Bertz CT molecular complexity index is 457. The van der Waals surface area contributed by atoms with Gasteiger partial charge in [-0.3, -0.25) is 9.59 Å². The van der Waals surface area contributed by atoms with Crippen LogP contribution in [0.3, 0.4) is 0 Å². The Kier molecular flexibility index (Phi) is 5.55. The van der Waals surface area contributed by atoms with Crippen molar-refractivity contribution in [2.24, 2.45) is 0 Å². The molecule has 0 radical (unpaired) electrons. The highest BCUT2D eigenvalue weighted by atomic mass is 16.2. The normalized spacial score (nSPS) is 11.8. The average Bonchev–Trinajstić information content (AvgIpc) is 2.36. The number of amides is 2. The van der Waals surface area contributed by atoms with Crippen molar-refractivity contribution in [3.8, 4) is 0 Å². The van der Waals surface area contributed by atoms with E-state index >= 15 is 0 Å². The summed E-state index contributed by atoms with van der Waals surface area (Å²) in [4.78, 5) is 25.1. The fraction of sp³-hybridized carbons (Fsp3) is 0.467. The lowest BCUT2D eigenvalue weighted by molar-refractivity contribution is -0.123. The van der Waals surface area contributed by atoms with E-state index in [0.29, 0.717) is 0 Å². The van der Waals surface area contributed by atoms with E-state index in [0.717, 1.165) is 17.7 Å². The first-order chi connectivity index (χ1) is 8.95. The maximum atomic E-state index is 11.9. The van der Waals surface area contributed by atoms with Gasteiger partial charge in [-0.05, 0) is 31.9 Å². The van der Waals surface area contributed by atoms with E-state index in [1.807, 2.05) is 45.0 Å². The molecule has 104 valence electrons. The van der Waals surface area contributed by atoms with Gasteiger partial charge in [0.05, 0.1) is 0 Å². The van der Waals surface area contributed by atoms with E-state index in [1.165, 1.54) is 11.8 Å². The maximum absolute atomic E-state index is 11.9. The van der Waals surface area contributed by atoms with Crippen LogP contribution in [0.4, 0.5) is 5.69 Å². The van der Waals surface area contributed by atoms with Gasteiger partial charge in [-0.15, -0.1) is 0 Å². The third kappa shape index (κ3) is 4.39. The van der Waals surface area contributed by atoms with E-state index in [9.17, 15) is 9.59 Å². The topological polar surface area (TPSA) is 49.4 Å². The second-order valence-electron chi connectivity index (χ2n) is 4.77. The number of carbonyl (C=O) groups excluding carboxylic acids is 2. The van der Waals surface area contributed by atoms with Gasteiger partial charge in [0, 0.05) is 18.7 Å². The predicted octanol–water partition coefficient (Wildman–Crippen LogP) is 2.26. The third-order valence-corrected chi connectivity index (χ3v) is 3.11. The molecule has 19 heavy (non-hydrogen) atoms. The summed E-state index contributed by atoms with van der Waals surface area (Å²) in [5.41, 5.74) is 1.77. The van der Waals surface area contributed by atoms with Crippen LogP contribution in [0.15, 0.2) is 24.3 Å². The van der Waals surface area contributed by atoms with Crippen molar-refractivity contribution in [2.45, 2.75) is 40.2 Å². The molecule has 1 atom stereocenters. The lowest BCUT2D eigenvalue weighted by Gasteiger charge is -2.23. The predicted molar refractivity (Wildman–Crippen MR) is 77.1 cm³/mol. The summed E-state index contributed by atoms with van der Waals surface area (Å²) < 4.78 is 0. The molecule has 1 N–H and O–H groups in total. The van der Waals surface area contributed by atoms with Crippen molar-refractivity contribution >= 4 is 17.5 Å². The molecule has 1 rings (SSSR count). The Hall–Kier alpha value is -1.84. The van der Waals surface area contributed by atoms with Gasteiger partial charge in [0.2, 0.25) is 11.8 Å². The lowest BCUT2D eigenvalue weighted by atomic mass is 10.1. The third-order valence-electron chi connectivity index (χ3n) is 3.11. The number of hydrogen-bond donors (Lipinski definition) is 1. The van der Waals surface area contributed by atoms with Gasteiger partial charge in [0.1, 0.15) is 6.54 Å². The summed E-state index contributed by atoms with van der Waals surface area (Å²) in [6.07, 6.45) is 0.871. The number of rotatable bonds is 5. The minimum atomic E-state index is -0.132. The van der Waals surface area contributed by atoms with E-state index < -0.39 is 0 Å². The fourth-order valence-electron chi connectivity index (χ4n) is 1.80. The highest BCUT2D eigenvalue weighted by Crippen LogP contribution is 2.19. The summed E-state index contributed by atoms with van der Waals surface area (Å²) in [6, 6.07) is 7.69. The molecule has 0 fully saturated rings. The first-order valence-electron chi connectivity index (χ1n) is 6.58. The highest BCUT2D eigenvalue weighted by Gasteiger charge is 2.17. The smallest absolute Gasteiger partial charge is 0.240 e. The number of aryl methyl sites for hydroxylation is 1. The van der Waals surface area contributed by atoms with Gasteiger partial charge in [-0.1, -0.05) is 25.1 Å². The zero-order chi connectivity index (χ0) is 14.4. The van der Waals surface area contributed by atoms with Crippen molar-refractivity contribution in [1.29, 1.82) is 0 Å². The number of hydrogen-bond acceptors (Lipinski definition) is 2. The summed E-state index contributed by atoms with van der Waals surface area (Å²) in [7, 11) is 0. The molecule has 0 bridgehead atoms. The zero-order valence-corrected chi connectivity index (χ0v) is 12.1. The Morgan fingerprint density at radius 1 is 1.32 bits per heavy atom. The van der Waals surface area contributed by atoms with Crippen molar-refractivity contribution in [2.75, 3.05) is 11.4 Å². The van der Waals surface area contributed by atoms with E-state index in [1.54, 1.807) is 0 Å². The first-order valence-corrected chi connectivity index (χ1v) is 6.58. The molecule has 0 aromatic heterocycles. The molecule has 0 saturated carbocycles. The van der Waals surface area contributed by atoms with Crippen LogP contribution in [0.2, 0.25) is 0 Å². The van der Waals surface area contributed by atoms with Crippen LogP contribution in [0.1, 0.15) is 32.8 Å². The number of benzene rings is 1. The Labute approximate surface area is 114 Å². The molecule has 2 amide bonds. The van der Waals surface area contributed by atoms with Crippen LogP contribution >= 0.6 is 0 Å². The van der Waals surface area contributed by atoms with Crippen LogP contribution in [-0.2, 0) is 9.59 Å². The summed E-state index contributed by atoms with van der Waals surface area (Å²) in [6.45, 7) is 7.42. The van der Waals surface area contributed by atoms with E-state index in [4.69, 9.17) is 0 Å². The number of para-hydroxylation sites is 1. The van der Waals surface area contributed by atoms with Gasteiger partial charge in [-0.2, -0.15) is 0 Å². The van der Waals surface area contributed by atoms with Crippen LogP contribution in [0.25, 0.3) is 0 Å². The largest absolute Gasteiger partial charge is 0.352 e. The maximum Gasteiger partial charge on any atom is 0.240 e. The van der Waals surface area contributed by atoms with Gasteiger partial charge in [-0.25, -0.2) is 0 Å². The number of carbonyl (C=O) groups is 2. The van der Waals surface area contributed by atoms with E-state index in [-0.39, 0.29) is 24.4 Å². The average molecular weight is 262 g/mol. The standard InChI is InChI=1S/C15H22N2O2/c1-5-12(3)16-15(19)10-17(13(4)18)14-9-7-6-8-11(14)2/h6-9,12H,5,10H2,1-4H3,(H,16,19). The summed E-state index contributed by atoms with van der Waals surface area (Å²) >= 11 is 0. The van der Waals surface area contributed by atoms with Crippen molar-refractivity contribution in [1.82, 2.24) is 5.32 Å². The van der Waals surface area contributed by atoms with E-state index in [2.05, 4.69) is 5.32 Å². The molecule has 0 heterocycles. The van der Waals surface area contributed by atoms with Crippen LogP contribution in [0.5, 0.6) is 0 Å². The van der Waals surface area contributed by atoms with Crippen molar-refractivity contribution < 1.29 is 9.59 Å². The minimum absolute atomic E-state index is 0.0600. The number of nitrogens with one attached hydrogen (secondary N) is 1. The Morgan fingerprint density at radius 3 is 2.47 bits per heavy atom. The quantitative estimate of drug-likeness (QED) is 0.885. The molecule has 4 heteroatoms. The zero-order valence-electron chi connectivity index (χ0n) is 12.1. The highest BCUT2D eigenvalue weighted by molar-refractivity contribution is 5.98. The van der Waals surface area contributed by atoms with Crippen LogP contribution in [-0.4, -0.2) is 24.4 Å².